The van der Waals surface area contributed by atoms with Crippen LogP contribution in [0.5, 0.6) is 0 Å². The topological polar surface area (TPSA) is 58.0 Å². The van der Waals surface area contributed by atoms with E-state index < -0.39 is 0 Å². The first-order valence-electron chi connectivity index (χ1n) is 8.27. The maximum atomic E-state index is 4.40. The fourth-order valence-corrected chi connectivity index (χ4v) is 3.31. The van der Waals surface area contributed by atoms with Crippen LogP contribution in [0.25, 0.3) is 0 Å². The van der Waals surface area contributed by atoms with E-state index in [1.54, 1.807) is 0 Å². The van der Waals surface area contributed by atoms with Gasteiger partial charge in [-0.15, -0.1) is 5.10 Å². The van der Waals surface area contributed by atoms with Crippen LogP contribution in [0.3, 0.4) is 0 Å². The van der Waals surface area contributed by atoms with E-state index in [9.17, 15) is 0 Å². The Kier molecular flexibility index (Phi) is 3.69. The second-order valence-electron chi connectivity index (χ2n) is 6.64. The number of aromatic nitrogens is 4. The first kappa shape index (κ1) is 14.5. The maximum absolute atomic E-state index is 4.40. The Morgan fingerprint density at radius 3 is 2.74 bits per heavy atom. The van der Waals surface area contributed by atoms with E-state index in [1.165, 1.54) is 17.7 Å². The predicted octanol–water partition coefficient (Wildman–Crippen LogP) is 1.38. The van der Waals surface area contributed by atoms with Crippen molar-refractivity contribution in [3.05, 3.63) is 41.1 Å². The zero-order chi connectivity index (χ0) is 15.8. The Labute approximate surface area is 136 Å². The largest absolute Gasteiger partial charge is 0.352 e. The molecule has 0 spiro atoms. The van der Waals surface area contributed by atoms with Gasteiger partial charge in [-0.3, -0.25) is 4.90 Å². The van der Waals surface area contributed by atoms with Crippen LogP contribution >= 0.6 is 0 Å². The summed E-state index contributed by atoms with van der Waals surface area (Å²) in [5.41, 5.74) is 3.75. The van der Waals surface area contributed by atoms with Crippen LogP contribution in [0.1, 0.15) is 29.1 Å². The number of rotatable bonds is 4. The van der Waals surface area contributed by atoms with Gasteiger partial charge in [-0.25, -0.2) is 9.97 Å². The summed E-state index contributed by atoms with van der Waals surface area (Å²) < 4.78 is 0. The van der Waals surface area contributed by atoms with Gasteiger partial charge in [0.15, 0.2) is 5.82 Å². The number of hydrogen-bond acceptors (Lipinski definition) is 6. The summed E-state index contributed by atoms with van der Waals surface area (Å²) in [6.07, 6.45) is 7.30. The highest BCUT2D eigenvalue weighted by Crippen LogP contribution is 2.26. The fraction of sp³-hybridized carbons (Fsp3) is 0.529. The molecule has 0 radical (unpaired) electrons. The quantitative estimate of drug-likeness (QED) is 0.850. The van der Waals surface area contributed by atoms with Crippen molar-refractivity contribution in [2.75, 3.05) is 25.0 Å². The lowest BCUT2D eigenvalue weighted by Gasteiger charge is -2.44. The van der Waals surface area contributed by atoms with Crippen LogP contribution in [-0.2, 0) is 19.4 Å². The van der Waals surface area contributed by atoms with E-state index in [2.05, 4.69) is 43.1 Å². The first-order chi connectivity index (χ1) is 11.2. The van der Waals surface area contributed by atoms with Gasteiger partial charge >= 0.3 is 0 Å². The van der Waals surface area contributed by atoms with Crippen LogP contribution in [0.2, 0.25) is 0 Å². The molecule has 0 N–H and O–H groups in total. The van der Waals surface area contributed by atoms with Crippen LogP contribution in [0.15, 0.2) is 18.5 Å². The van der Waals surface area contributed by atoms with Crippen molar-refractivity contribution < 1.29 is 0 Å². The molecule has 6 nitrogen and oxygen atoms in total. The van der Waals surface area contributed by atoms with Gasteiger partial charge in [-0.2, -0.15) is 5.10 Å². The Bertz CT molecular complexity index is 693. The molecule has 0 amide bonds. The van der Waals surface area contributed by atoms with Gasteiger partial charge in [-0.05, 0) is 44.9 Å². The van der Waals surface area contributed by atoms with Crippen molar-refractivity contribution in [2.24, 2.45) is 0 Å². The minimum absolute atomic E-state index is 0.548. The van der Waals surface area contributed by atoms with E-state index in [0.717, 1.165) is 49.7 Å². The highest BCUT2D eigenvalue weighted by Gasteiger charge is 2.31. The molecule has 2 aromatic heterocycles. The fourth-order valence-electron chi connectivity index (χ4n) is 3.31. The lowest BCUT2D eigenvalue weighted by atomic mass is 10.1. The lowest BCUT2D eigenvalue weighted by molar-refractivity contribution is 0.196. The van der Waals surface area contributed by atoms with Gasteiger partial charge in [0.1, 0.15) is 5.82 Å². The number of likely N-dealkylation sites (N-methyl/N-ethyl adjacent to an activating group) is 1. The Balaban J connectivity index is 1.34. The van der Waals surface area contributed by atoms with Crippen molar-refractivity contribution in [3.8, 4) is 0 Å². The van der Waals surface area contributed by atoms with Gasteiger partial charge in [0, 0.05) is 43.6 Å². The Hall–Kier alpha value is -2.08. The molecule has 0 unspecified atom stereocenters. The zero-order valence-corrected chi connectivity index (χ0v) is 13.7. The van der Waals surface area contributed by atoms with Crippen molar-refractivity contribution in [1.29, 1.82) is 0 Å². The summed E-state index contributed by atoms with van der Waals surface area (Å²) in [6, 6.07) is 2.78. The van der Waals surface area contributed by atoms with Crippen molar-refractivity contribution in [1.82, 2.24) is 25.1 Å². The zero-order valence-electron chi connectivity index (χ0n) is 13.7. The molecule has 2 aliphatic rings. The molecule has 1 fully saturated rings. The molecule has 2 aromatic rings. The number of hydrogen-bond donors (Lipinski definition) is 0. The van der Waals surface area contributed by atoms with Gasteiger partial charge in [0.2, 0.25) is 0 Å². The molecular weight excluding hydrogens is 288 g/mol. The molecule has 0 bridgehead atoms. The van der Waals surface area contributed by atoms with Crippen molar-refractivity contribution in [3.63, 3.8) is 0 Å². The normalized spacial score (nSPS) is 17.4. The smallest absolute Gasteiger partial charge is 0.151 e. The molecule has 120 valence electrons. The third-order valence-electron chi connectivity index (χ3n) is 4.88. The van der Waals surface area contributed by atoms with Gasteiger partial charge in [0.25, 0.3) is 0 Å². The van der Waals surface area contributed by atoms with E-state index >= 15 is 0 Å². The van der Waals surface area contributed by atoms with E-state index in [-0.39, 0.29) is 0 Å². The molecule has 6 heteroatoms. The molecule has 3 heterocycles. The summed E-state index contributed by atoms with van der Waals surface area (Å²) in [6.45, 7) is 4.82. The van der Waals surface area contributed by atoms with E-state index in [1.807, 2.05) is 19.3 Å². The molecule has 1 aliphatic carbocycles. The molecule has 1 saturated heterocycles. The average Bonchev–Trinajstić information content (AvgIpc) is 2.96. The Morgan fingerprint density at radius 1 is 1.17 bits per heavy atom. The first-order valence-corrected chi connectivity index (χ1v) is 8.27. The van der Waals surface area contributed by atoms with E-state index in [0.29, 0.717) is 6.04 Å². The standard InChI is InChI=1S/C17H22N6/c1-12-18-7-13(8-19-12)9-22(2)15-10-23(11-15)17-6-14-4-3-5-16(14)20-21-17/h6-8,15H,3-5,9-11H2,1-2H3. The minimum Gasteiger partial charge on any atom is -0.352 e. The maximum Gasteiger partial charge on any atom is 0.151 e. The predicted molar refractivity (Wildman–Crippen MR) is 88.3 cm³/mol. The van der Waals surface area contributed by atoms with Crippen LogP contribution in [0, 0.1) is 6.92 Å². The molecule has 23 heavy (non-hydrogen) atoms. The highest BCUT2D eigenvalue weighted by atomic mass is 15.4. The van der Waals surface area contributed by atoms with Crippen molar-refractivity contribution >= 4 is 5.82 Å². The molecule has 1 aliphatic heterocycles. The number of nitrogens with zero attached hydrogens (tertiary/aromatic N) is 6. The summed E-state index contributed by atoms with van der Waals surface area (Å²) >= 11 is 0. The van der Waals surface area contributed by atoms with Gasteiger partial charge in [-0.1, -0.05) is 0 Å². The molecule has 4 rings (SSSR count). The second kappa shape index (κ2) is 5.85. The molecule has 0 aromatic carbocycles. The second-order valence-corrected chi connectivity index (χ2v) is 6.64. The summed E-state index contributed by atoms with van der Waals surface area (Å²) in [4.78, 5) is 13.2. The lowest BCUT2D eigenvalue weighted by Crippen LogP contribution is -2.58. The van der Waals surface area contributed by atoms with E-state index in [4.69, 9.17) is 0 Å². The SMILES string of the molecule is Cc1ncc(CN(C)C2CN(c3cc4c(nn3)CCC4)C2)cn1. The summed E-state index contributed by atoms with van der Waals surface area (Å²) in [5.74, 6) is 1.86. The minimum atomic E-state index is 0.548. The van der Waals surface area contributed by atoms with Gasteiger partial charge in [0.05, 0.1) is 5.69 Å². The number of aryl methyl sites for hydroxylation is 3. The van der Waals surface area contributed by atoms with Crippen LogP contribution in [0.4, 0.5) is 5.82 Å². The molecule has 0 atom stereocenters. The highest BCUT2D eigenvalue weighted by molar-refractivity contribution is 5.45. The van der Waals surface area contributed by atoms with Crippen LogP contribution < -0.4 is 4.90 Å². The number of fused-ring (bicyclic) bond motifs is 1. The Morgan fingerprint density at radius 2 is 1.96 bits per heavy atom. The van der Waals surface area contributed by atoms with Crippen molar-refractivity contribution in [2.45, 2.75) is 38.8 Å². The van der Waals surface area contributed by atoms with Crippen LogP contribution in [-0.4, -0.2) is 51.2 Å². The molecular formula is C17H22N6. The molecule has 0 saturated carbocycles. The third-order valence-corrected chi connectivity index (χ3v) is 4.88. The van der Waals surface area contributed by atoms with Gasteiger partial charge < -0.3 is 4.90 Å². The number of anilines is 1. The monoisotopic (exact) mass is 310 g/mol. The average molecular weight is 310 g/mol. The summed E-state index contributed by atoms with van der Waals surface area (Å²) in [7, 11) is 2.16. The summed E-state index contributed by atoms with van der Waals surface area (Å²) in [5, 5.41) is 8.78. The third kappa shape index (κ3) is 2.91.